The second-order valence-corrected chi connectivity index (χ2v) is 9.91. The molecular weight excluding hydrogens is 396 g/mol. The van der Waals surface area contributed by atoms with Gasteiger partial charge in [-0.2, -0.15) is 5.10 Å². The lowest BCUT2D eigenvalue weighted by atomic mass is 10.0. The van der Waals surface area contributed by atoms with Crippen molar-refractivity contribution in [2.24, 2.45) is 5.92 Å². The molecule has 2 aromatic heterocycles. The van der Waals surface area contributed by atoms with E-state index in [1.807, 2.05) is 0 Å². The van der Waals surface area contributed by atoms with Crippen LogP contribution < -0.4 is 0 Å². The van der Waals surface area contributed by atoms with Crippen LogP contribution in [0.4, 0.5) is 0 Å². The summed E-state index contributed by atoms with van der Waals surface area (Å²) < 4.78 is 7.88. The minimum atomic E-state index is 0.0923. The molecule has 1 saturated carbocycles. The molecule has 0 bridgehead atoms. The largest absolute Gasteiger partial charge is 0.376 e. The lowest BCUT2D eigenvalue weighted by molar-refractivity contribution is 0.0542. The number of aromatic nitrogens is 2. The first-order valence-electron chi connectivity index (χ1n) is 11.4. The van der Waals surface area contributed by atoms with Crippen molar-refractivity contribution in [2.75, 3.05) is 26.2 Å². The topological polar surface area (TPSA) is 50.6 Å². The average Bonchev–Trinajstić information content (AvgIpc) is 3.31. The van der Waals surface area contributed by atoms with Crippen LogP contribution in [-0.2, 0) is 30.9 Å². The van der Waals surface area contributed by atoms with E-state index in [0.717, 1.165) is 63.5 Å². The Kier molecular flexibility index (Phi) is 5.94. The predicted octanol–water partition coefficient (Wildman–Crippen LogP) is 3.55. The number of hydrogen-bond donors (Lipinski definition) is 0. The maximum Gasteiger partial charge on any atom is 0.275 e. The van der Waals surface area contributed by atoms with Gasteiger partial charge in [-0.15, -0.1) is 11.3 Å². The van der Waals surface area contributed by atoms with Gasteiger partial charge in [0, 0.05) is 48.2 Å². The highest BCUT2D eigenvalue weighted by Gasteiger charge is 2.34. The lowest BCUT2D eigenvalue weighted by Crippen LogP contribution is -2.47. The normalized spacial score (nSPS) is 20.3. The van der Waals surface area contributed by atoms with Crippen LogP contribution in [0.3, 0.4) is 0 Å². The molecule has 0 atom stereocenters. The summed E-state index contributed by atoms with van der Waals surface area (Å²) in [6.45, 7) is 8.30. The van der Waals surface area contributed by atoms with E-state index in [1.165, 1.54) is 23.4 Å². The van der Waals surface area contributed by atoms with Crippen LogP contribution in [0.1, 0.15) is 59.2 Å². The van der Waals surface area contributed by atoms with E-state index in [4.69, 9.17) is 9.84 Å². The fourth-order valence-corrected chi connectivity index (χ4v) is 5.50. The maximum atomic E-state index is 13.9. The first-order valence-corrected chi connectivity index (χ1v) is 12.3. The number of fused-ring (bicyclic) bond motifs is 1. The van der Waals surface area contributed by atoms with Crippen LogP contribution in [0.2, 0.25) is 0 Å². The number of hydrogen-bond acceptors (Lipinski definition) is 5. The highest BCUT2D eigenvalue weighted by molar-refractivity contribution is 7.09. The number of amides is 1. The zero-order valence-corrected chi connectivity index (χ0v) is 18.7. The molecule has 3 aliphatic rings. The maximum absolute atomic E-state index is 13.9. The fraction of sp³-hybridized carbons (Fsp3) is 0.652. The molecule has 30 heavy (non-hydrogen) atoms. The molecule has 2 aliphatic heterocycles. The summed E-state index contributed by atoms with van der Waals surface area (Å²) in [6.07, 6.45) is 5.50. The third kappa shape index (κ3) is 4.20. The van der Waals surface area contributed by atoms with Crippen LogP contribution in [-0.4, -0.2) is 57.8 Å². The van der Waals surface area contributed by atoms with E-state index < -0.39 is 0 Å². The van der Waals surface area contributed by atoms with Gasteiger partial charge in [-0.3, -0.25) is 9.48 Å². The van der Waals surface area contributed by atoms with E-state index >= 15 is 0 Å². The van der Waals surface area contributed by atoms with Crippen LogP contribution in [0.25, 0.3) is 0 Å². The first-order chi connectivity index (χ1) is 14.7. The van der Waals surface area contributed by atoms with Gasteiger partial charge in [0.15, 0.2) is 5.69 Å². The Hall–Kier alpha value is -1.70. The third-order valence-corrected chi connectivity index (χ3v) is 7.70. The number of thiophene rings is 1. The smallest absolute Gasteiger partial charge is 0.275 e. The van der Waals surface area contributed by atoms with Gasteiger partial charge in [-0.05, 0) is 49.6 Å². The molecular formula is C23H32N4O2S. The molecule has 0 spiro atoms. The van der Waals surface area contributed by atoms with Crippen molar-refractivity contribution in [1.82, 2.24) is 19.6 Å². The quantitative estimate of drug-likeness (QED) is 0.677. The number of likely N-dealkylation sites (tertiary alicyclic amines) is 1. The summed E-state index contributed by atoms with van der Waals surface area (Å²) in [7, 11) is 0. The Labute approximate surface area is 182 Å². The Morgan fingerprint density at radius 2 is 2.13 bits per heavy atom. The van der Waals surface area contributed by atoms with Crippen LogP contribution in [0.5, 0.6) is 0 Å². The molecule has 7 heteroatoms. The van der Waals surface area contributed by atoms with Gasteiger partial charge in [0.25, 0.3) is 5.91 Å². The standard InChI is InChI=1S/C23H32N4O2S/c1-2-25-10-7-18(8-11-25)26(15-19-4-3-13-30-19)23(28)22-20-16-29-12-9-21(20)27(24-22)14-17-5-6-17/h3-4,13,17-18H,2,5-12,14-16H2,1H3. The molecule has 2 fully saturated rings. The van der Waals surface area contributed by atoms with Gasteiger partial charge < -0.3 is 14.5 Å². The molecule has 0 aromatic carbocycles. The van der Waals surface area contributed by atoms with Crippen LogP contribution in [0, 0.1) is 5.92 Å². The van der Waals surface area contributed by atoms with Gasteiger partial charge in [0.05, 0.1) is 19.8 Å². The molecule has 0 unspecified atom stereocenters. The summed E-state index contributed by atoms with van der Waals surface area (Å²) in [4.78, 5) is 19.7. The van der Waals surface area contributed by atoms with Crippen molar-refractivity contribution in [3.63, 3.8) is 0 Å². The number of piperidine rings is 1. The molecule has 0 N–H and O–H groups in total. The molecule has 4 heterocycles. The van der Waals surface area contributed by atoms with Crippen molar-refractivity contribution in [1.29, 1.82) is 0 Å². The summed E-state index contributed by atoms with van der Waals surface area (Å²) >= 11 is 1.73. The summed E-state index contributed by atoms with van der Waals surface area (Å²) in [5.41, 5.74) is 2.90. The molecule has 1 saturated heterocycles. The Morgan fingerprint density at radius 1 is 1.30 bits per heavy atom. The molecule has 6 nitrogen and oxygen atoms in total. The lowest BCUT2D eigenvalue weighted by Gasteiger charge is -2.38. The van der Waals surface area contributed by atoms with E-state index in [0.29, 0.717) is 18.8 Å². The fourth-order valence-electron chi connectivity index (χ4n) is 4.80. The number of carbonyl (C=O) groups is 1. The SMILES string of the molecule is CCN1CCC(N(Cc2cccs2)C(=O)c2nn(CC3CC3)c3c2COCC3)CC1. The predicted molar refractivity (Wildman–Crippen MR) is 118 cm³/mol. The molecule has 0 radical (unpaired) electrons. The van der Waals surface area contributed by atoms with Gasteiger partial charge in [0.2, 0.25) is 0 Å². The first kappa shape index (κ1) is 20.2. The minimum absolute atomic E-state index is 0.0923. The third-order valence-electron chi connectivity index (χ3n) is 6.84. The van der Waals surface area contributed by atoms with E-state index in [1.54, 1.807) is 11.3 Å². The van der Waals surface area contributed by atoms with Crippen LogP contribution in [0.15, 0.2) is 17.5 Å². The van der Waals surface area contributed by atoms with Crippen molar-refractivity contribution in [3.05, 3.63) is 39.3 Å². The summed E-state index contributed by atoms with van der Waals surface area (Å²) in [6, 6.07) is 4.48. The van der Waals surface area contributed by atoms with Gasteiger partial charge >= 0.3 is 0 Å². The van der Waals surface area contributed by atoms with E-state index in [9.17, 15) is 4.79 Å². The molecule has 1 aliphatic carbocycles. The highest BCUT2D eigenvalue weighted by Crippen LogP contribution is 2.33. The second kappa shape index (κ2) is 8.81. The second-order valence-electron chi connectivity index (χ2n) is 8.88. The molecule has 162 valence electrons. The zero-order chi connectivity index (χ0) is 20.5. The zero-order valence-electron chi connectivity index (χ0n) is 17.9. The van der Waals surface area contributed by atoms with Gasteiger partial charge in [-0.1, -0.05) is 13.0 Å². The number of carbonyl (C=O) groups excluding carboxylic acids is 1. The highest BCUT2D eigenvalue weighted by atomic mass is 32.1. The van der Waals surface area contributed by atoms with E-state index in [-0.39, 0.29) is 11.9 Å². The Balaban J connectivity index is 1.43. The number of nitrogens with zero attached hydrogens (tertiary/aromatic N) is 4. The Morgan fingerprint density at radius 3 is 2.83 bits per heavy atom. The average molecular weight is 429 g/mol. The number of ether oxygens (including phenoxy) is 1. The minimum Gasteiger partial charge on any atom is -0.376 e. The van der Waals surface area contributed by atoms with Crippen molar-refractivity contribution >= 4 is 17.2 Å². The van der Waals surface area contributed by atoms with Crippen molar-refractivity contribution in [3.8, 4) is 0 Å². The number of rotatable bonds is 7. The summed E-state index contributed by atoms with van der Waals surface area (Å²) in [5, 5.41) is 6.98. The van der Waals surface area contributed by atoms with Crippen molar-refractivity contribution in [2.45, 2.75) is 64.8 Å². The molecule has 1 amide bonds. The molecule has 5 rings (SSSR count). The molecule has 2 aromatic rings. The van der Waals surface area contributed by atoms with E-state index in [2.05, 4.69) is 38.9 Å². The van der Waals surface area contributed by atoms with Gasteiger partial charge in [-0.25, -0.2) is 0 Å². The summed E-state index contributed by atoms with van der Waals surface area (Å²) in [5.74, 6) is 0.829. The van der Waals surface area contributed by atoms with Crippen LogP contribution >= 0.6 is 11.3 Å². The van der Waals surface area contributed by atoms with Crippen molar-refractivity contribution < 1.29 is 9.53 Å². The Bertz CT molecular complexity index is 866. The van der Waals surface area contributed by atoms with Gasteiger partial charge in [0.1, 0.15) is 0 Å². The monoisotopic (exact) mass is 428 g/mol.